The smallest absolute Gasteiger partial charge is 0.332 e. The van der Waals surface area contributed by atoms with Crippen LogP contribution in [0.25, 0.3) is 0 Å². The van der Waals surface area contributed by atoms with Crippen molar-refractivity contribution < 1.29 is 4.79 Å². The maximum atomic E-state index is 12.5. The topological polar surface area (TPSA) is 81.0 Å². The molecular formula is C17H21N5O2. The van der Waals surface area contributed by atoms with Crippen molar-refractivity contribution in [1.82, 2.24) is 24.4 Å². The Kier molecular flexibility index (Phi) is 4.42. The first-order chi connectivity index (χ1) is 11.5. The summed E-state index contributed by atoms with van der Waals surface area (Å²) in [7, 11) is 0. The van der Waals surface area contributed by atoms with Crippen LogP contribution < -0.4 is 5.69 Å². The molecule has 0 fully saturated rings. The highest BCUT2D eigenvalue weighted by atomic mass is 16.2. The number of aryl methyl sites for hydroxylation is 3. The van der Waals surface area contributed by atoms with E-state index in [0.717, 1.165) is 29.2 Å². The van der Waals surface area contributed by atoms with Crippen LogP contribution in [-0.4, -0.2) is 30.3 Å². The van der Waals surface area contributed by atoms with Crippen LogP contribution in [0.2, 0.25) is 0 Å². The minimum absolute atomic E-state index is 0.0120. The Bertz CT molecular complexity index is 843. The average Bonchev–Trinajstić information content (AvgIpc) is 2.96. The predicted octanol–water partition coefficient (Wildman–Crippen LogP) is 1.15. The summed E-state index contributed by atoms with van der Waals surface area (Å²) in [4.78, 5) is 38.9. The first-order valence-corrected chi connectivity index (χ1v) is 8.14. The SMILES string of the molecule is CCc1ncc2c(n1)CN(C(=O)CCn1c(C)cc(C)nc1=O)C2. The Morgan fingerprint density at radius 3 is 2.75 bits per heavy atom. The number of hydrogen-bond acceptors (Lipinski definition) is 5. The zero-order valence-electron chi connectivity index (χ0n) is 14.2. The van der Waals surface area contributed by atoms with Gasteiger partial charge in [-0.05, 0) is 19.9 Å². The maximum Gasteiger partial charge on any atom is 0.347 e. The molecule has 1 aliphatic rings. The lowest BCUT2D eigenvalue weighted by Gasteiger charge is -2.16. The maximum absolute atomic E-state index is 12.5. The van der Waals surface area contributed by atoms with E-state index in [-0.39, 0.29) is 18.0 Å². The van der Waals surface area contributed by atoms with Gasteiger partial charge in [0.25, 0.3) is 0 Å². The van der Waals surface area contributed by atoms with E-state index >= 15 is 0 Å². The van der Waals surface area contributed by atoms with Gasteiger partial charge in [-0.3, -0.25) is 9.36 Å². The number of carbonyl (C=O) groups excluding carboxylic acids is 1. The van der Waals surface area contributed by atoms with Gasteiger partial charge in [0.2, 0.25) is 5.91 Å². The normalized spacial score (nSPS) is 13.2. The molecule has 0 saturated heterocycles. The molecule has 0 spiro atoms. The Balaban J connectivity index is 1.66. The van der Waals surface area contributed by atoms with Gasteiger partial charge < -0.3 is 4.90 Å². The Labute approximate surface area is 140 Å². The molecular weight excluding hydrogens is 306 g/mol. The Morgan fingerprint density at radius 1 is 1.25 bits per heavy atom. The molecule has 0 saturated carbocycles. The van der Waals surface area contributed by atoms with Crippen molar-refractivity contribution in [2.45, 2.75) is 53.2 Å². The first-order valence-electron chi connectivity index (χ1n) is 8.14. The van der Waals surface area contributed by atoms with Crippen LogP contribution in [0.1, 0.15) is 41.8 Å². The van der Waals surface area contributed by atoms with Crippen LogP contribution >= 0.6 is 0 Å². The lowest BCUT2D eigenvalue weighted by Crippen LogP contribution is -2.30. The third kappa shape index (κ3) is 3.20. The molecule has 3 rings (SSSR count). The molecule has 1 aliphatic heterocycles. The van der Waals surface area contributed by atoms with Crippen LogP contribution in [0.4, 0.5) is 0 Å². The van der Waals surface area contributed by atoms with Crippen molar-refractivity contribution in [2.24, 2.45) is 0 Å². The summed E-state index contributed by atoms with van der Waals surface area (Å²) in [6.07, 6.45) is 2.87. The summed E-state index contributed by atoms with van der Waals surface area (Å²) >= 11 is 0. The van der Waals surface area contributed by atoms with Crippen LogP contribution in [0.5, 0.6) is 0 Å². The number of nitrogens with zero attached hydrogens (tertiary/aromatic N) is 5. The highest BCUT2D eigenvalue weighted by molar-refractivity contribution is 5.76. The summed E-state index contributed by atoms with van der Waals surface area (Å²) in [5.74, 6) is 0.814. The Hall–Kier alpha value is -2.57. The van der Waals surface area contributed by atoms with Crippen molar-refractivity contribution in [3.05, 3.63) is 51.2 Å². The van der Waals surface area contributed by atoms with Crippen LogP contribution in [0, 0.1) is 13.8 Å². The number of carbonyl (C=O) groups is 1. The van der Waals surface area contributed by atoms with Crippen LogP contribution in [0.3, 0.4) is 0 Å². The van der Waals surface area contributed by atoms with Crippen molar-refractivity contribution in [1.29, 1.82) is 0 Å². The third-order valence-electron chi connectivity index (χ3n) is 4.27. The quantitative estimate of drug-likeness (QED) is 0.841. The van der Waals surface area contributed by atoms with E-state index in [1.807, 2.05) is 26.1 Å². The number of hydrogen-bond donors (Lipinski definition) is 0. The first kappa shape index (κ1) is 16.3. The summed E-state index contributed by atoms with van der Waals surface area (Å²) in [6, 6.07) is 1.85. The molecule has 2 aromatic rings. The van der Waals surface area contributed by atoms with Crippen molar-refractivity contribution in [3.63, 3.8) is 0 Å². The monoisotopic (exact) mass is 327 g/mol. The van der Waals surface area contributed by atoms with E-state index < -0.39 is 0 Å². The molecule has 0 unspecified atom stereocenters. The van der Waals surface area contributed by atoms with Crippen molar-refractivity contribution in [2.75, 3.05) is 0 Å². The van der Waals surface area contributed by atoms with Gasteiger partial charge in [0, 0.05) is 49.1 Å². The van der Waals surface area contributed by atoms with Crippen LogP contribution in [0.15, 0.2) is 17.1 Å². The minimum atomic E-state index is -0.302. The molecule has 0 atom stereocenters. The van der Waals surface area contributed by atoms with E-state index in [1.54, 1.807) is 16.4 Å². The fourth-order valence-corrected chi connectivity index (χ4v) is 2.95. The number of rotatable bonds is 4. The summed E-state index contributed by atoms with van der Waals surface area (Å²) in [6.45, 7) is 7.05. The van der Waals surface area contributed by atoms with Gasteiger partial charge >= 0.3 is 5.69 Å². The van der Waals surface area contributed by atoms with E-state index in [9.17, 15) is 9.59 Å². The molecule has 0 aliphatic carbocycles. The Morgan fingerprint density at radius 2 is 2.04 bits per heavy atom. The van der Waals surface area contributed by atoms with Gasteiger partial charge in [-0.1, -0.05) is 6.92 Å². The van der Waals surface area contributed by atoms with E-state index in [1.165, 1.54) is 0 Å². The molecule has 7 nitrogen and oxygen atoms in total. The second kappa shape index (κ2) is 6.51. The van der Waals surface area contributed by atoms with Gasteiger partial charge in [0.05, 0.1) is 12.2 Å². The zero-order chi connectivity index (χ0) is 17.3. The number of aromatic nitrogens is 4. The highest BCUT2D eigenvalue weighted by Gasteiger charge is 2.25. The molecule has 0 aromatic carbocycles. The minimum Gasteiger partial charge on any atom is -0.332 e. The fraction of sp³-hybridized carbons (Fsp3) is 0.471. The molecule has 2 aromatic heterocycles. The summed E-state index contributed by atoms with van der Waals surface area (Å²) in [5.41, 5.74) is 3.15. The van der Waals surface area contributed by atoms with Crippen LogP contribution in [-0.2, 0) is 30.8 Å². The van der Waals surface area contributed by atoms with E-state index in [0.29, 0.717) is 25.3 Å². The standard InChI is InChI=1S/C17H21N5O2/c1-4-15-18-8-13-9-21(10-14(13)20-15)16(23)5-6-22-12(3)7-11(2)19-17(22)24/h7-8H,4-6,9-10H2,1-3H3. The van der Waals surface area contributed by atoms with Crippen molar-refractivity contribution in [3.8, 4) is 0 Å². The molecule has 3 heterocycles. The molecule has 0 N–H and O–H groups in total. The predicted molar refractivity (Wildman–Crippen MR) is 88.3 cm³/mol. The zero-order valence-corrected chi connectivity index (χ0v) is 14.2. The van der Waals surface area contributed by atoms with E-state index in [4.69, 9.17) is 0 Å². The van der Waals surface area contributed by atoms with E-state index in [2.05, 4.69) is 15.0 Å². The molecule has 7 heteroatoms. The van der Waals surface area contributed by atoms with Gasteiger partial charge in [-0.15, -0.1) is 0 Å². The molecule has 1 amide bonds. The van der Waals surface area contributed by atoms with Crippen molar-refractivity contribution >= 4 is 5.91 Å². The molecule has 0 radical (unpaired) electrons. The second-order valence-electron chi connectivity index (χ2n) is 6.08. The third-order valence-corrected chi connectivity index (χ3v) is 4.27. The van der Waals surface area contributed by atoms with Gasteiger partial charge in [-0.2, -0.15) is 4.98 Å². The number of amides is 1. The van der Waals surface area contributed by atoms with Gasteiger partial charge in [0.1, 0.15) is 5.82 Å². The largest absolute Gasteiger partial charge is 0.347 e. The van der Waals surface area contributed by atoms with Gasteiger partial charge in [-0.25, -0.2) is 14.8 Å². The summed E-state index contributed by atoms with van der Waals surface area (Å²) in [5, 5.41) is 0. The highest BCUT2D eigenvalue weighted by Crippen LogP contribution is 2.21. The number of fused-ring (bicyclic) bond motifs is 1. The molecule has 0 bridgehead atoms. The molecule has 24 heavy (non-hydrogen) atoms. The second-order valence-corrected chi connectivity index (χ2v) is 6.08. The summed E-state index contributed by atoms with van der Waals surface area (Å²) < 4.78 is 1.54. The lowest BCUT2D eigenvalue weighted by molar-refractivity contribution is -0.132. The molecule has 126 valence electrons. The average molecular weight is 327 g/mol. The van der Waals surface area contributed by atoms with Gasteiger partial charge in [0.15, 0.2) is 0 Å². The lowest BCUT2D eigenvalue weighted by atomic mass is 10.3. The fourth-order valence-electron chi connectivity index (χ4n) is 2.95.